The van der Waals surface area contributed by atoms with E-state index in [0.717, 1.165) is 12.2 Å². The fourth-order valence-electron chi connectivity index (χ4n) is 1.04. The smallest absolute Gasteiger partial charge is 0.123 e. The van der Waals surface area contributed by atoms with Gasteiger partial charge in [-0.1, -0.05) is 6.92 Å². The highest BCUT2D eigenvalue weighted by atomic mass is 32.1. The second-order valence-electron chi connectivity index (χ2n) is 3.22. The number of hydrogen-bond acceptors (Lipinski definition) is 2. The summed E-state index contributed by atoms with van der Waals surface area (Å²) in [6.07, 6.45) is 1.05. The molecule has 0 amide bonds. The van der Waals surface area contributed by atoms with E-state index in [2.05, 4.69) is 19.6 Å². The van der Waals surface area contributed by atoms with E-state index in [0.29, 0.717) is 18.3 Å². The molecule has 14 heavy (non-hydrogen) atoms. The van der Waals surface area contributed by atoms with Crippen LogP contribution in [-0.4, -0.2) is 12.4 Å². The van der Waals surface area contributed by atoms with Gasteiger partial charge in [0.1, 0.15) is 11.6 Å². The molecule has 0 aliphatic heterocycles. The molecule has 0 aromatic heterocycles. The predicted octanol–water partition coefficient (Wildman–Crippen LogP) is 3.16. The van der Waals surface area contributed by atoms with E-state index < -0.39 is 0 Å². The molecule has 0 heterocycles. The molecule has 0 N–H and O–H groups in total. The lowest BCUT2D eigenvalue weighted by Crippen LogP contribution is -2.12. The summed E-state index contributed by atoms with van der Waals surface area (Å²) in [4.78, 5) is 0. The van der Waals surface area contributed by atoms with Gasteiger partial charge >= 0.3 is 0 Å². The minimum Gasteiger partial charge on any atom is -0.493 e. The molecule has 1 nitrogen and oxygen atoms in total. The van der Waals surface area contributed by atoms with Crippen LogP contribution in [0.15, 0.2) is 24.3 Å². The molecule has 1 unspecified atom stereocenters. The minimum atomic E-state index is -0.237. The van der Waals surface area contributed by atoms with Gasteiger partial charge in [0, 0.05) is 5.92 Å². The SMILES string of the molecule is CCC(CS)COc1ccc(F)cc1. The van der Waals surface area contributed by atoms with Crippen molar-refractivity contribution in [2.75, 3.05) is 12.4 Å². The molecule has 0 radical (unpaired) electrons. The van der Waals surface area contributed by atoms with Crippen molar-refractivity contribution >= 4 is 12.6 Å². The lowest BCUT2D eigenvalue weighted by Gasteiger charge is -2.13. The van der Waals surface area contributed by atoms with Crippen LogP contribution in [0.3, 0.4) is 0 Å². The van der Waals surface area contributed by atoms with Gasteiger partial charge in [0.25, 0.3) is 0 Å². The first-order valence-corrected chi connectivity index (χ1v) is 5.38. The Morgan fingerprint density at radius 2 is 2.00 bits per heavy atom. The predicted molar refractivity (Wildman–Crippen MR) is 59.5 cm³/mol. The van der Waals surface area contributed by atoms with Crippen molar-refractivity contribution in [3.05, 3.63) is 30.1 Å². The Morgan fingerprint density at radius 1 is 1.36 bits per heavy atom. The molecule has 0 bridgehead atoms. The number of thiol groups is 1. The molecular weight excluding hydrogens is 199 g/mol. The summed E-state index contributed by atoms with van der Waals surface area (Å²) >= 11 is 4.22. The van der Waals surface area contributed by atoms with Gasteiger partial charge in [0.2, 0.25) is 0 Å². The van der Waals surface area contributed by atoms with Crippen LogP contribution in [0, 0.1) is 11.7 Å². The Balaban J connectivity index is 2.41. The maximum atomic E-state index is 12.6. The lowest BCUT2D eigenvalue weighted by molar-refractivity contribution is 0.259. The molecule has 1 aromatic rings. The topological polar surface area (TPSA) is 9.23 Å². The molecule has 0 aliphatic rings. The number of rotatable bonds is 5. The number of ether oxygens (including phenoxy) is 1. The summed E-state index contributed by atoms with van der Waals surface area (Å²) in [7, 11) is 0. The van der Waals surface area contributed by atoms with E-state index in [1.165, 1.54) is 12.1 Å². The second-order valence-corrected chi connectivity index (χ2v) is 3.59. The van der Waals surface area contributed by atoms with E-state index >= 15 is 0 Å². The first kappa shape index (κ1) is 11.4. The van der Waals surface area contributed by atoms with E-state index in [1.54, 1.807) is 12.1 Å². The van der Waals surface area contributed by atoms with E-state index in [9.17, 15) is 4.39 Å². The van der Waals surface area contributed by atoms with Crippen molar-refractivity contribution in [2.45, 2.75) is 13.3 Å². The Hall–Kier alpha value is -0.700. The number of benzene rings is 1. The summed E-state index contributed by atoms with van der Waals surface area (Å²) in [5.41, 5.74) is 0. The van der Waals surface area contributed by atoms with Crippen LogP contribution in [0.2, 0.25) is 0 Å². The van der Waals surface area contributed by atoms with Crippen molar-refractivity contribution in [2.24, 2.45) is 5.92 Å². The highest BCUT2D eigenvalue weighted by Crippen LogP contribution is 2.13. The lowest BCUT2D eigenvalue weighted by atomic mass is 10.1. The molecule has 3 heteroatoms. The molecule has 78 valence electrons. The van der Waals surface area contributed by atoms with Gasteiger partial charge in [0.15, 0.2) is 0 Å². The first-order chi connectivity index (χ1) is 6.76. The molecule has 1 atom stereocenters. The van der Waals surface area contributed by atoms with Crippen LogP contribution in [-0.2, 0) is 0 Å². The summed E-state index contributed by atoms with van der Waals surface area (Å²) in [5.74, 6) is 1.76. The zero-order chi connectivity index (χ0) is 10.4. The Bertz CT molecular complexity index is 256. The van der Waals surface area contributed by atoms with Gasteiger partial charge in [-0.25, -0.2) is 4.39 Å². The van der Waals surface area contributed by atoms with Crippen LogP contribution < -0.4 is 4.74 Å². The highest BCUT2D eigenvalue weighted by Gasteiger charge is 2.04. The van der Waals surface area contributed by atoms with E-state index in [-0.39, 0.29) is 5.82 Å². The number of hydrogen-bond donors (Lipinski definition) is 1. The molecule has 0 saturated heterocycles. The third kappa shape index (κ3) is 3.58. The van der Waals surface area contributed by atoms with Crippen molar-refractivity contribution in [1.29, 1.82) is 0 Å². The Morgan fingerprint density at radius 3 is 2.50 bits per heavy atom. The average molecular weight is 214 g/mol. The summed E-state index contributed by atoms with van der Waals surface area (Å²) in [6.45, 7) is 2.75. The summed E-state index contributed by atoms with van der Waals surface area (Å²) in [6, 6.07) is 6.08. The van der Waals surface area contributed by atoms with Gasteiger partial charge in [-0.15, -0.1) is 0 Å². The largest absolute Gasteiger partial charge is 0.493 e. The molecule has 0 saturated carbocycles. The van der Waals surface area contributed by atoms with Crippen molar-refractivity contribution in [1.82, 2.24) is 0 Å². The van der Waals surface area contributed by atoms with E-state index in [4.69, 9.17) is 4.74 Å². The monoisotopic (exact) mass is 214 g/mol. The molecule has 0 spiro atoms. The fraction of sp³-hybridized carbons (Fsp3) is 0.455. The average Bonchev–Trinajstić information content (AvgIpc) is 2.22. The quantitative estimate of drug-likeness (QED) is 0.741. The van der Waals surface area contributed by atoms with Crippen LogP contribution in [0.5, 0.6) is 5.75 Å². The van der Waals surface area contributed by atoms with Gasteiger partial charge in [-0.2, -0.15) is 12.6 Å². The summed E-state index contributed by atoms with van der Waals surface area (Å²) in [5, 5.41) is 0. The van der Waals surface area contributed by atoms with Gasteiger partial charge in [-0.05, 0) is 36.4 Å². The molecule has 1 aromatic carbocycles. The van der Waals surface area contributed by atoms with Crippen LogP contribution in [0.25, 0.3) is 0 Å². The third-order valence-electron chi connectivity index (χ3n) is 2.13. The molecule has 1 rings (SSSR count). The molecule has 0 fully saturated rings. The maximum absolute atomic E-state index is 12.6. The maximum Gasteiger partial charge on any atom is 0.123 e. The summed E-state index contributed by atoms with van der Waals surface area (Å²) < 4.78 is 18.0. The van der Waals surface area contributed by atoms with Crippen LogP contribution in [0.1, 0.15) is 13.3 Å². The Labute approximate surface area is 89.7 Å². The normalized spacial score (nSPS) is 12.5. The zero-order valence-electron chi connectivity index (χ0n) is 8.24. The van der Waals surface area contributed by atoms with Crippen molar-refractivity contribution < 1.29 is 9.13 Å². The minimum absolute atomic E-state index is 0.237. The van der Waals surface area contributed by atoms with Crippen molar-refractivity contribution in [3.63, 3.8) is 0 Å². The van der Waals surface area contributed by atoms with Crippen LogP contribution >= 0.6 is 12.6 Å². The van der Waals surface area contributed by atoms with E-state index in [1.807, 2.05) is 0 Å². The second kappa shape index (κ2) is 5.91. The standard InChI is InChI=1S/C11H15FOS/c1-2-9(8-14)7-13-11-5-3-10(12)4-6-11/h3-6,9,14H,2,7-8H2,1H3. The van der Waals surface area contributed by atoms with Crippen LogP contribution in [0.4, 0.5) is 4.39 Å². The third-order valence-corrected chi connectivity index (χ3v) is 2.65. The molecular formula is C11H15FOS. The van der Waals surface area contributed by atoms with Gasteiger partial charge in [0.05, 0.1) is 6.61 Å². The van der Waals surface area contributed by atoms with Gasteiger partial charge in [-0.3, -0.25) is 0 Å². The fourth-order valence-corrected chi connectivity index (χ4v) is 1.41. The zero-order valence-corrected chi connectivity index (χ0v) is 9.14. The first-order valence-electron chi connectivity index (χ1n) is 4.75. The molecule has 0 aliphatic carbocycles. The highest BCUT2D eigenvalue weighted by molar-refractivity contribution is 7.80. The number of halogens is 1. The van der Waals surface area contributed by atoms with Crippen molar-refractivity contribution in [3.8, 4) is 5.75 Å². The van der Waals surface area contributed by atoms with Gasteiger partial charge < -0.3 is 4.74 Å². The Kier molecular flexibility index (Phi) is 4.80.